The number of hydrogen-bond donors (Lipinski definition) is 0. The molecule has 1 saturated heterocycles. The van der Waals surface area contributed by atoms with E-state index in [4.69, 9.17) is 0 Å². The third kappa shape index (κ3) is 2.63. The van der Waals surface area contributed by atoms with Crippen LogP contribution in [0.1, 0.15) is 31.7 Å². The van der Waals surface area contributed by atoms with Gasteiger partial charge in [-0.15, -0.1) is 0 Å². The topological polar surface area (TPSA) is 37.4 Å². The van der Waals surface area contributed by atoms with E-state index in [0.717, 1.165) is 24.8 Å². The number of sulfonamides is 1. The first kappa shape index (κ1) is 14.0. The quantitative estimate of drug-likeness (QED) is 0.833. The minimum Gasteiger partial charge on any atom is -0.207 e. The van der Waals surface area contributed by atoms with E-state index in [1.807, 2.05) is 26.0 Å². The Kier molecular flexibility index (Phi) is 4.14. The smallest absolute Gasteiger partial charge is 0.207 e. The molecule has 0 aliphatic carbocycles. The molecule has 100 valence electrons. The van der Waals surface area contributed by atoms with Gasteiger partial charge >= 0.3 is 0 Å². The summed E-state index contributed by atoms with van der Waals surface area (Å²) in [5, 5.41) is 0. The molecular formula is C13H18BrNO2S. The summed E-state index contributed by atoms with van der Waals surface area (Å²) in [4.78, 5) is 0.377. The lowest BCUT2D eigenvalue weighted by molar-refractivity contribution is 0.268. The van der Waals surface area contributed by atoms with Crippen molar-refractivity contribution in [3.05, 3.63) is 28.2 Å². The number of aryl methyl sites for hydroxylation is 1. The van der Waals surface area contributed by atoms with E-state index < -0.39 is 10.0 Å². The molecule has 1 atom stereocenters. The molecule has 1 aromatic carbocycles. The highest BCUT2D eigenvalue weighted by molar-refractivity contribution is 9.10. The van der Waals surface area contributed by atoms with Crippen molar-refractivity contribution >= 4 is 26.0 Å². The Morgan fingerprint density at radius 2 is 2.06 bits per heavy atom. The molecule has 1 heterocycles. The predicted molar refractivity (Wildman–Crippen MR) is 76.1 cm³/mol. The van der Waals surface area contributed by atoms with Gasteiger partial charge in [-0.1, -0.05) is 12.5 Å². The Morgan fingerprint density at radius 1 is 1.33 bits per heavy atom. The van der Waals surface area contributed by atoms with Crippen LogP contribution in [0, 0.1) is 6.92 Å². The van der Waals surface area contributed by atoms with Crippen LogP contribution >= 0.6 is 15.9 Å². The summed E-state index contributed by atoms with van der Waals surface area (Å²) >= 11 is 3.36. The summed E-state index contributed by atoms with van der Waals surface area (Å²) in [6, 6.07) is 5.47. The summed E-state index contributed by atoms with van der Waals surface area (Å²) in [6.45, 7) is 4.56. The van der Waals surface area contributed by atoms with Gasteiger partial charge < -0.3 is 0 Å². The van der Waals surface area contributed by atoms with Crippen LogP contribution in [-0.2, 0) is 10.0 Å². The van der Waals surface area contributed by atoms with E-state index in [9.17, 15) is 8.42 Å². The van der Waals surface area contributed by atoms with Gasteiger partial charge in [0.05, 0.1) is 4.90 Å². The van der Waals surface area contributed by atoms with Crippen LogP contribution in [0.25, 0.3) is 0 Å². The van der Waals surface area contributed by atoms with Crippen LogP contribution in [0.5, 0.6) is 0 Å². The SMILES string of the molecule is Cc1ccc(S(=O)(=O)N2CCCCC2C)c(Br)c1. The zero-order valence-corrected chi connectivity index (χ0v) is 13.1. The van der Waals surface area contributed by atoms with Crippen LogP contribution in [0.3, 0.4) is 0 Å². The van der Waals surface area contributed by atoms with Crippen molar-refractivity contribution in [3.63, 3.8) is 0 Å². The first-order valence-corrected chi connectivity index (χ1v) is 8.44. The second-order valence-electron chi connectivity index (χ2n) is 4.89. The van der Waals surface area contributed by atoms with E-state index in [0.29, 0.717) is 15.9 Å². The molecule has 5 heteroatoms. The number of halogens is 1. The van der Waals surface area contributed by atoms with Crippen LogP contribution in [-0.4, -0.2) is 25.3 Å². The van der Waals surface area contributed by atoms with Gasteiger partial charge in [0.25, 0.3) is 0 Å². The second-order valence-corrected chi connectivity index (χ2v) is 7.61. The van der Waals surface area contributed by atoms with Crippen LogP contribution in [0.4, 0.5) is 0 Å². The zero-order chi connectivity index (χ0) is 13.3. The second kappa shape index (κ2) is 5.31. The molecular weight excluding hydrogens is 314 g/mol. The first-order valence-electron chi connectivity index (χ1n) is 6.21. The Hall–Kier alpha value is -0.390. The van der Waals surface area contributed by atoms with Crippen molar-refractivity contribution in [2.75, 3.05) is 6.54 Å². The Bertz CT molecular complexity index is 542. The standard InChI is InChI=1S/C13H18BrNO2S/c1-10-6-7-13(12(14)9-10)18(16,17)15-8-4-3-5-11(15)2/h6-7,9,11H,3-5,8H2,1-2H3. The fourth-order valence-electron chi connectivity index (χ4n) is 2.37. The monoisotopic (exact) mass is 331 g/mol. The van der Waals surface area contributed by atoms with Gasteiger partial charge in [0.1, 0.15) is 0 Å². The van der Waals surface area contributed by atoms with Gasteiger partial charge in [-0.2, -0.15) is 4.31 Å². The average molecular weight is 332 g/mol. The van der Waals surface area contributed by atoms with Crippen LogP contribution in [0.2, 0.25) is 0 Å². The van der Waals surface area contributed by atoms with E-state index in [1.165, 1.54) is 0 Å². The van der Waals surface area contributed by atoms with Gasteiger partial charge in [-0.3, -0.25) is 0 Å². The zero-order valence-electron chi connectivity index (χ0n) is 10.7. The van der Waals surface area contributed by atoms with Crippen molar-refractivity contribution in [2.24, 2.45) is 0 Å². The first-order chi connectivity index (χ1) is 8.43. The molecule has 0 aromatic heterocycles. The molecule has 18 heavy (non-hydrogen) atoms. The van der Waals surface area contributed by atoms with Crippen LogP contribution < -0.4 is 0 Å². The fraction of sp³-hybridized carbons (Fsp3) is 0.538. The molecule has 0 bridgehead atoms. The number of benzene rings is 1. The summed E-state index contributed by atoms with van der Waals surface area (Å²) in [5.41, 5.74) is 1.05. The Balaban J connectivity index is 2.41. The molecule has 0 N–H and O–H groups in total. The van der Waals surface area contributed by atoms with Crippen molar-refractivity contribution in [1.82, 2.24) is 4.31 Å². The predicted octanol–water partition coefficient (Wildman–Crippen LogP) is 3.32. The highest BCUT2D eigenvalue weighted by atomic mass is 79.9. The molecule has 3 nitrogen and oxygen atoms in total. The maximum atomic E-state index is 12.6. The number of nitrogens with zero attached hydrogens (tertiary/aromatic N) is 1. The molecule has 0 radical (unpaired) electrons. The highest BCUT2D eigenvalue weighted by Crippen LogP contribution is 2.30. The van der Waals surface area contributed by atoms with Gasteiger partial charge in [0, 0.05) is 17.1 Å². The molecule has 1 fully saturated rings. The fourth-order valence-corrected chi connectivity index (χ4v) is 5.22. The maximum Gasteiger partial charge on any atom is 0.244 e. The largest absolute Gasteiger partial charge is 0.244 e. The molecule has 2 rings (SSSR count). The van der Waals surface area contributed by atoms with E-state index in [2.05, 4.69) is 15.9 Å². The van der Waals surface area contributed by atoms with Gasteiger partial charge in [0.15, 0.2) is 0 Å². The summed E-state index contributed by atoms with van der Waals surface area (Å²) in [5.74, 6) is 0. The number of hydrogen-bond acceptors (Lipinski definition) is 2. The van der Waals surface area contributed by atoms with Crippen molar-refractivity contribution in [3.8, 4) is 0 Å². The van der Waals surface area contributed by atoms with Crippen LogP contribution in [0.15, 0.2) is 27.6 Å². The summed E-state index contributed by atoms with van der Waals surface area (Å²) in [6.07, 6.45) is 3.01. The Labute approximate surface area is 117 Å². The van der Waals surface area contributed by atoms with Crippen molar-refractivity contribution < 1.29 is 8.42 Å². The lowest BCUT2D eigenvalue weighted by atomic mass is 10.1. The summed E-state index contributed by atoms with van der Waals surface area (Å²) in [7, 11) is -3.37. The van der Waals surface area contributed by atoms with E-state index >= 15 is 0 Å². The average Bonchev–Trinajstić information content (AvgIpc) is 2.28. The lowest BCUT2D eigenvalue weighted by Crippen LogP contribution is -2.42. The van der Waals surface area contributed by atoms with Crippen molar-refractivity contribution in [1.29, 1.82) is 0 Å². The van der Waals surface area contributed by atoms with E-state index in [1.54, 1.807) is 10.4 Å². The van der Waals surface area contributed by atoms with Gasteiger partial charge in [0.2, 0.25) is 10.0 Å². The third-order valence-electron chi connectivity index (χ3n) is 3.42. The molecule has 0 amide bonds. The molecule has 1 aliphatic rings. The van der Waals surface area contributed by atoms with Crippen molar-refractivity contribution in [2.45, 2.75) is 44.0 Å². The summed E-state index contributed by atoms with van der Waals surface area (Å²) < 4.78 is 27.5. The third-order valence-corrected chi connectivity index (χ3v) is 6.41. The van der Waals surface area contributed by atoms with Gasteiger partial charge in [-0.05, 0) is 60.3 Å². The Morgan fingerprint density at radius 3 is 2.67 bits per heavy atom. The normalized spacial score (nSPS) is 22.1. The molecule has 0 saturated carbocycles. The molecule has 1 unspecified atom stereocenters. The highest BCUT2D eigenvalue weighted by Gasteiger charge is 2.32. The molecule has 1 aromatic rings. The molecule has 0 spiro atoms. The minimum atomic E-state index is -3.37. The minimum absolute atomic E-state index is 0.0944. The lowest BCUT2D eigenvalue weighted by Gasteiger charge is -2.32. The maximum absolute atomic E-state index is 12.6. The number of rotatable bonds is 2. The van der Waals surface area contributed by atoms with E-state index in [-0.39, 0.29) is 6.04 Å². The molecule has 1 aliphatic heterocycles. The number of piperidine rings is 1. The van der Waals surface area contributed by atoms with Gasteiger partial charge in [-0.25, -0.2) is 8.42 Å².